The summed E-state index contributed by atoms with van der Waals surface area (Å²) in [6.07, 6.45) is 3.80. The second-order valence-electron chi connectivity index (χ2n) is 2.30. The number of pyridine rings is 1. The van der Waals surface area contributed by atoms with Crippen LogP contribution in [0.1, 0.15) is 0 Å². The Morgan fingerprint density at radius 2 is 2.00 bits per heavy atom. The van der Waals surface area contributed by atoms with E-state index in [-0.39, 0.29) is 12.4 Å². The topological polar surface area (TPSA) is 41.8 Å². The molecule has 58 valence electrons. The van der Waals surface area contributed by atoms with E-state index < -0.39 is 0 Å². The molecule has 2 aliphatic rings. The maximum atomic E-state index is 5.66. The van der Waals surface area contributed by atoms with Crippen molar-refractivity contribution in [1.29, 1.82) is 0 Å². The summed E-state index contributed by atoms with van der Waals surface area (Å²) in [5, 5.41) is 0. The van der Waals surface area contributed by atoms with Gasteiger partial charge in [-0.3, -0.25) is 0 Å². The number of anilines is 1. The molecule has 1 aliphatic heterocycles. The van der Waals surface area contributed by atoms with E-state index >= 15 is 0 Å². The first-order valence-corrected chi connectivity index (χ1v) is 3.19. The van der Waals surface area contributed by atoms with E-state index in [0.29, 0.717) is 0 Å². The van der Waals surface area contributed by atoms with Crippen molar-refractivity contribution in [3.63, 3.8) is 0 Å². The van der Waals surface area contributed by atoms with Crippen molar-refractivity contribution in [2.24, 2.45) is 0 Å². The number of H-pyrrole nitrogens is 1. The molecule has 2 nitrogen and oxygen atoms in total. The van der Waals surface area contributed by atoms with Crippen molar-refractivity contribution in [3.8, 4) is 11.1 Å². The molecule has 0 bridgehead atoms. The lowest BCUT2D eigenvalue weighted by Gasteiger charge is -1.96. The lowest BCUT2D eigenvalue weighted by molar-refractivity contribution is 1.34. The summed E-state index contributed by atoms with van der Waals surface area (Å²) in [7, 11) is 0. The van der Waals surface area contributed by atoms with Crippen LogP contribution in [0.15, 0.2) is 30.6 Å². The highest BCUT2D eigenvalue weighted by molar-refractivity contribution is 5.85. The minimum absolute atomic E-state index is 0. The normalized spacial score (nSPS) is 9.45. The smallest absolute Gasteiger partial charge is 0.0408 e. The van der Waals surface area contributed by atoms with Crippen molar-refractivity contribution >= 4 is 18.1 Å². The minimum Gasteiger partial charge on any atom is -0.398 e. The summed E-state index contributed by atoms with van der Waals surface area (Å²) in [4.78, 5) is 2.98. The van der Waals surface area contributed by atoms with Gasteiger partial charge in [0.1, 0.15) is 0 Å². The zero-order chi connectivity index (χ0) is 6.97. The van der Waals surface area contributed by atoms with Gasteiger partial charge in [-0.1, -0.05) is 6.07 Å². The van der Waals surface area contributed by atoms with E-state index in [4.69, 9.17) is 5.73 Å². The van der Waals surface area contributed by atoms with Crippen LogP contribution in [0.25, 0.3) is 11.1 Å². The third kappa shape index (κ3) is 1.17. The van der Waals surface area contributed by atoms with Crippen molar-refractivity contribution < 1.29 is 0 Å². The molecule has 0 atom stereocenters. The fourth-order valence-electron chi connectivity index (χ4n) is 1.11. The Kier molecular flexibility index (Phi) is 2.06. The van der Waals surface area contributed by atoms with Gasteiger partial charge in [0.25, 0.3) is 0 Å². The summed E-state index contributed by atoms with van der Waals surface area (Å²) in [5.74, 6) is 0. The largest absolute Gasteiger partial charge is 0.398 e. The Morgan fingerprint density at radius 1 is 1.18 bits per heavy atom. The van der Waals surface area contributed by atoms with Gasteiger partial charge in [0.05, 0.1) is 0 Å². The summed E-state index contributed by atoms with van der Waals surface area (Å²) in [6.45, 7) is 0. The van der Waals surface area contributed by atoms with Gasteiger partial charge in [0, 0.05) is 23.6 Å². The molecule has 0 saturated carbocycles. The number of hydrogen-bond acceptors (Lipinski definition) is 1. The Labute approximate surface area is 71.2 Å². The second-order valence-corrected chi connectivity index (χ2v) is 2.30. The average molecular weight is 169 g/mol. The predicted molar refractivity (Wildman–Crippen MR) is 49.1 cm³/mol. The van der Waals surface area contributed by atoms with Crippen LogP contribution in [0, 0.1) is 0 Å². The van der Waals surface area contributed by atoms with Crippen molar-refractivity contribution in [1.82, 2.24) is 4.98 Å². The molecule has 0 radical (unpaired) electrons. The number of nitrogen functional groups attached to an aromatic ring is 1. The SMILES string of the molecule is Cl.Nc1ccc2cc[nH]cc1-2. The Morgan fingerprint density at radius 3 is 2.73 bits per heavy atom. The molecule has 11 heavy (non-hydrogen) atoms. The zero-order valence-corrected chi connectivity index (χ0v) is 6.69. The maximum Gasteiger partial charge on any atom is 0.0408 e. The van der Waals surface area contributed by atoms with E-state index in [2.05, 4.69) is 4.98 Å². The number of fused-ring (bicyclic) bond motifs is 1. The number of aromatic amines is 1. The van der Waals surface area contributed by atoms with E-state index in [1.165, 1.54) is 5.56 Å². The van der Waals surface area contributed by atoms with Crippen molar-refractivity contribution in [3.05, 3.63) is 30.6 Å². The van der Waals surface area contributed by atoms with Crippen LogP contribution in [0.3, 0.4) is 0 Å². The predicted octanol–water partition coefficient (Wildman–Crippen LogP) is 2.12. The molecular weight excluding hydrogens is 160 g/mol. The molecule has 2 rings (SSSR count). The van der Waals surface area contributed by atoms with Gasteiger partial charge in [-0.2, -0.15) is 0 Å². The quantitative estimate of drug-likeness (QED) is 0.622. The first kappa shape index (κ1) is 7.95. The van der Waals surface area contributed by atoms with Gasteiger partial charge in [-0.05, 0) is 17.7 Å². The van der Waals surface area contributed by atoms with Crippen LogP contribution in [-0.2, 0) is 0 Å². The molecule has 0 amide bonds. The molecule has 0 aromatic carbocycles. The molecule has 0 aromatic rings. The highest BCUT2D eigenvalue weighted by Gasteiger charge is 2.03. The molecule has 0 aromatic heterocycles. The second kappa shape index (κ2) is 2.84. The monoisotopic (exact) mass is 168 g/mol. The van der Waals surface area contributed by atoms with E-state index in [9.17, 15) is 0 Å². The van der Waals surface area contributed by atoms with Gasteiger partial charge >= 0.3 is 0 Å². The van der Waals surface area contributed by atoms with Crippen LogP contribution in [0.4, 0.5) is 5.69 Å². The molecule has 0 saturated heterocycles. The maximum absolute atomic E-state index is 5.66. The zero-order valence-electron chi connectivity index (χ0n) is 5.87. The van der Waals surface area contributed by atoms with Gasteiger partial charge < -0.3 is 10.7 Å². The molecule has 0 fully saturated rings. The van der Waals surface area contributed by atoms with Crippen LogP contribution in [0.5, 0.6) is 0 Å². The van der Waals surface area contributed by atoms with Crippen LogP contribution < -0.4 is 5.73 Å². The summed E-state index contributed by atoms with van der Waals surface area (Å²) >= 11 is 0. The van der Waals surface area contributed by atoms with Gasteiger partial charge in [0.15, 0.2) is 0 Å². The summed E-state index contributed by atoms with van der Waals surface area (Å²) in [6, 6.07) is 5.93. The fourth-order valence-corrected chi connectivity index (χ4v) is 1.11. The highest BCUT2D eigenvalue weighted by Crippen LogP contribution is 2.27. The molecule has 1 aliphatic carbocycles. The average Bonchev–Trinajstić information content (AvgIpc) is 2.34. The van der Waals surface area contributed by atoms with Gasteiger partial charge in [-0.25, -0.2) is 0 Å². The minimum atomic E-state index is 0. The van der Waals surface area contributed by atoms with E-state index in [1.807, 2.05) is 30.6 Å². The molecule has 1 heterocycles. The van der Waals surface area contributed by atoms with Crippen LogP contribution in [0.2, 0.25) is 0 Å². The summed E-state index contributed by atoms with van der Waals surface area (Å²) in [5.41, 5.74) is 8.79. The number of nitrogens with one attached hydrogen (secondary N) is 1. The Balaban J connectivity index is 0.000000605. The number of nitrogens with two attached hydrogens (primary N) is 1. The standard InChI is InChI=1S/C8H8N2.ClH/c9-8-2-1-6-3-4-10-5-7(6)8;/h1-5,10H,9H2;1H. The molecule has 3 N–H and O–H groups in total. The van der Waals surface area contributed by atoms with E-state index in [1.54, 1.807) is 0 Å². The molecule has 0 spiro atoms. The van der Waals surface area contributed by atoms with Crippen molar-refractivity contribution in [2.45, 2.75) is 0 Å². The number of aromatic nitrogens is 1. The number of rotatable bonds is 0. The number of hydrogen-bond donors (Lipinski definition) is 2. The lowest BCUT2D eigenvalue weighted by Crippen LogP contribution is -1.83. The van der Waals surface area contributed by atoms with Crippen LogP contribution in [-0.4, -0.2) is 4.98 Å². The third-order valence-corrected chi connectivity index (χ3v) is 1.65. The first-order chi connectivity index (χ1) is 4.88. The van der Waals surface area contributed by atoms with Crippen molar-refractivity contribution in [2.75, 3.05) is 5.73 Å². The van der Waals surface area contributed by atoms with Gasteiger partial charge in [0.2, 0.25) is 0 Å². The summed E-state index contributed by atoms with van der Waals surface area (Å²) < 4.78 is 0. The molecular formula is C8H9ClN2. The number of halogens is 1. The molecule has 3 heteroatoms. The van der Waals surface area contributed by atoms with E-state index in [0.717, 1.165) is 11.3 Å². The molecule has 0 unspecified atom stereocenters. The Bertz CT molecular complexity index is 316. The van der Waals surface area contributed by atoms with Gasteiger partial charge in [-0.15, -0.1) is 12.4 Å². The first-order valence-electron chi connectivity index (χ1n) is 3.19. The highest BCUT2D eigenvalue weighted by atomic mass is 35.5. The fraction of sp³-hybridized carbons (Fsp3) is 0. The lowest BCUT2D eigenvalue weighted by atomic mass is 10.2. The third-order valence-electron chi connectivity index (χ3n) is 1.65. The Hall–Kier alpha value is -1.15. The van der Waals surface area contributed by atoms with Crippen LogP contribution >= 0.6 is 12.4 Å².